The van der Waals surface area contributed by atoms with E-state index in [-0.39, 0.29) is 31.3 Å². The van der Waals surface area contributed by atoms with Crippen molar-refractivity contribution in [2.24, 2.45) is 5.92 Å². The molecule has 0 radical (unpaired) electrons. The number of hydrogen-bond donors (Lipinski definition) is 1. The van der Waals surface area contributed by atoms with Gasteiger partial charge in [0.25, 0.3) is 0 Å². The fourth-order valence-corrected chi connectivity index (χ4v) is 2.29. The summed E-state index contributed by atoms with van der Waals surface area (Å²) in [5, 5.41) is 2.13. The van der Waals surface area contributed by atoms with E-state index in [9.17, 15) is 19.2 Å². The largest absolute Gasteiger partial charge is 0.342 e. The lowest BCUT2D eigenvalue weighted by Crippen LogP contribution is -2.54. The molecule has 2 aliphatic rings. The summed E-state index contributed by atoms with van der Waals surface area (Å²) in [7, 11) is 0. The minimum atomic E-state index is -0.476. The van der Waals surface area contributed by atoms with E-state index in [4.69, 9.17) is 0 Å². The molecule has 98 valence electrons. The topological polar surface area (TPSA) is 86.8 Å². The van der Waals surface area contributed by atoms with Gasteiger partial charge in [-0.05, 0) is 6.92 Å². The molecule has 18 heavy (non-hydrogen) atoms. The molecule has 7 heteroatoms. The van der Waals surface area contributed by atoms with Crippen LogP contribution >= 0.6 is 0 Å². The van der Waals surface area contributed by atoms with Crippen LogP contribution in [-0.2, 0) is 19.2 Å². The van der Waals surface area contributed by atoms with Crippen molar-refractivity contribution in [2.45, 2.75) is 13.3 Å². The quantitative estimate of drug-likeness (QED) is 0.597. The zero-order valence-electron chi connectivity index (χ0n) is 10.1. The van der Waals surface area contributed by atoms with Crippen LogP contribution in [0.4, 0.5) is 0 Å². The van der Waals surface area contributed by atoms with Crippen molar-refractivity contribution in [3.8, 4) is 0 Å². The van der Waals surface area contributed by atoms with E-state index in [1.165, 1.54) is 4.90 Å². The van der Waals surface area contributed by atoms with Gasteiger partial charge in [0.05, 0.1) is 5.92 Å². The summed E-state index contributed by atoms with van der Waals surface area (Å²) >= 11 is 0. The number of amides is 4. The number of hydrogen-bond acceptors (Lipinski definition) is 4. The molecule has 2 fully saturated rings. The minimum Gasteiger partial charge on any atom is -0.342 e. The second-order valence-corrected chi connectivity index (χ2v) is 4.50. The van der Waals surface area contributed by atoms with Crippen LogP contribution in [-0.4, -0.2) is 59.6 Å². The van der Waals surface area contributed by atoms with Gasteiger partial charge in [-0.3, -0.25) is 24.5 Å². The van der Waals surface area contributed by atoms with Crippen LogP contribution < -0.4 is 5.32 Å². The van der Waals surface area contributed by atoms with Crippen LogP contribution in [0, 0.1) is 5.92 Å². The zero-order valence-corrected chi connectivity index (χ0v) is 10.1. The molecule has 0 saturated carbocycles. The Hall–Kier alpha value is -1.92. The Morgan fingerprint density at radius 3 is 2.39 bits per heavy atom. The van der Waals surface area contributed by atoms with Crippen LogP contribution in [0.2, 0.25) is 0 Å². The summed E-state index contributed by atoms with van der Waals surface area (Å²) in [4.78, 5) is 48.8. The van der Waals surface area contributed by atoms with Crippen LogP contribution in [0.1, 0.15) is 13.3 Å². The van der Waals surface area contributed by atoms with Crippen molar-refractivity contribution in [3.63, 3.8) is 0 Å². The molecular formula is C11H15N3O4. The molecular weight excluding hydrogens is 238 g/mol. The molecule has 1 atom stereocenters. The van der Waals surface area contributed by atoms with Crippen LogP contribution in [0.3, 0.4) is 0 Å². The predicted molar refractivity (Wildman–Crippen MR) is 60.1 cm³/mol. The van der Waals surface area contributed by atoms with Crippen LogP contribution in [0.15, 0.2) is 0 Å². The first-order valence-corrected chi connectivity index (χ1v) is 5.90. The van der Waals surface area contributed by atoms with E-state index in [0.717, 1.165) is 0 Å². The number of rotatable bonds is 2. The normalized spacial score (nSPS) is 24.5. The maximum Gasteiger partial charge on any atom is 0.246 e. The maximum absolute atomic E-state index is 12.1. The summed E-state index contributed by atoms with van der Waals surface area (Å²) < 4.78 is 0. The Morgan fingerprint density at radius 2 is 1.89 bits per heavy atom. The Labute approximate surface area is 104 Å². The summed E-state index contributed by atoms with van der Waals surface area (Å²) in [5.41, 5.74) is 0. The van der Waals surface area contributed by atoms with Crippen LogP contribution in [0.25, 0.3) is 0 Å². The number of imide groups is 1. The van der Waals surface area contributed by atoms with Gasteiger partial charge < -0.3 is 9.80 Å². The third kappa shape index (κ3) is 2.34. The molecule has 7 nitrogen and oxygen atoms in total. The SMILES string of the molecule is CCN1CC(C(=O)N2CC(=O)NC(=O)C2)CC1=O. The lowest BCUT2D eigenvalue weighted by atomic mass is 10.1. The predicted octanol–water partition coefficient (Wildman–Crippen LogP) is -1.66. The van der Waals surface area contributed by atoms with Gasteiger partial charge in [-0.2, -0.15) is 0 Å². The third-order valence-electron chi connectivity index (χ3n) is 3.20. The molecule has 4 amide bonds. The van der Waals surface area contributed by atoms with Gasteiger partial charge in [-0.15, -0.1) is 0 Å². The van der Waals surface area contributed by atoms with Crippen molar-refractivity contribution >= 4 is 23.6 Å². The highest BCUT2D eigenvalue weighted by molar-refractivity contribution is 6.03. The number of carbonyl (C=O) groups excluding carboxylic acids is 4. The first kappa shape index (κ1) is 12.5. The number of nitrogens with zero attached hydrogens (tertiary/aromatic N) is 2. The molecule has 1 N–H and O–H groups in total. The van der Waals surface area contributed by atoms with E-state index in [1.807, 2.05) is 6.92 Å². The van der Waals surface area contributed by atoms with Gasteiger partial charge in [-0.25, -0.2) is 0 Å². The Balaban J connectivity index is 2.02. The highest BCUT2D eigenvalue weighted by Crippen LogP contribution is 2.20. The summed E-state index contributed by atoms with van der Waals surface area (Å²) in [5.74, 6) is -1.73. The van der Waals surface area contributed by atoms with Gasteiger partial charge in [0.1, 0.15) is 13.1 Å². The standard InChI is InChI=1S/C11H15N3O4/c1-2-13-4-7(3-10(13)17)11(18)14-5-8(15)12-9(16)6-14/h7H,2-6H2,1H3,(H,12,15,16). The highest BCUT2D eigenvalue weighted by Gasteiger charge is 2.38. The van der Waals surface area contributed by atoms with E-state index in [2.05, 4.69) is 5.32 Å². The number of carbonyl (C=O) groups is 4. The van der Waals surface area contributed by atoms with Crippen molar-refractivity contribution in [3.05, 3.63) is 0 Å². The molecule has 0 bridgehead atoms. The van der Waals surface area contributed by atoms with Gasteiger partial charge in [0.15, 0.2) is 0 Å². The Kier molecular flexibility index (Phi) is 3.31. The molecule has 0 aliphatic carbocycles. The maximum atomic E-state index is 12.1. The lowest BCUT2D eigenvalue weighted by molar-refractivity contribution is -0.147. The van der Waals surface area contributed by atoms with Crippen molar-refractivity contribution in [2.75, 3.05) is 26.2 Å². The molecule has 2 heterocycles. The second-order valence-electron chi connectivity index (χ2n) is 4.50. The molecule has 0 aromatic heterocycles. The zero-order chi connectivity index (χ0) is 13.3. The average molecular weight is 253 g/mol. The van der Waals surface area contributed by atoms with Crippen LogP contribution in [0.5, 0.6) is 0 Å². The fraction of sp³-hybridized carbons (Fsp3) is 0.636. The van der Waals surface area contributed by atoms with Crippen molar-refractivity contribution < 1.29 is 19.2 Å². The number of likely N-dealkylation sites (tertiary alicyclic amines) is 1. The molecule has 0 aromatic carbocycles. The average Bonchev–Trinajstić information content (AvgIpc) is 2.68. The van der Waals surface area contributed by atoms with E-state index < -0.39 is 17.7 Å². The van der Waals surface area contributed by atoms with Gasteiger partial charge in [0.2, 0.25) is 23.6 Å². The molecule has 2 saturated heterocycles. The van der Waals surface area contributed by atoms with Crippen molar-refractivity contribution in [1.29, 1.82) is 0 Å². The summed E-state index contributed by atoms with van der Waals surface area (Å²) in [6.45, 7) is 2.58. The molecule has 0 spiro atoms. The van der Waals surface area contributed by atoms with Gasteiger partial charge >= 0.3 is 0 Å². The van der Waals surface area contributed by atoms with Crippen molar-refractivity contribution in [1.82, 2.24) is 15.1 Å². The first-order valence-electron chi connectivity index (χ1n) is 5.90. The van der Waals surface area contributed by atoms with E-state index in [1.54, 1.807) is 4.90 Å². The molecule has 0 aromatic rings. The summed E-state index contributed by atoms with van der Waals surface area (Å²) in [6.07, 6.45) is 0.166. The molecule has 1 unspecified atom stereocenters. The van der Waals surface area contributed by atoms with E-state index in [0.29, 0.717) is 13.1 Å². The fourth-order valence-electron chi connectivity index (χ4n) is 2.29. The summed E-state index contributed by atoms with van der Waals surface area (Å²) in [6, 6.07) is 0. The number of piperazine rings is 1. The lowest BCUT2D eigenvalue weighted by Gasteiger charge is -2.27. The second kappa shape index (κ2) is 4.75. The Bertz CT molecular complexity index is 405. The Morgan fingerprint density at radius 1 is 1.28 bits per heavy atom. The molecule has 2 aliphatic heterocycles. The minimum absolute atomic E-state index is 0.0522. The smallest absolute Gasteiger partial charge is 0.246 e. The first-order chi connectivity index (χ1) is 8.51. The van der Waals surface area contributed by atoms with Gasteiger partial charge in [-0.1, -0.05) is 0 Å². The van der Waals surface area contributed by atoms with Gasteiger partial charge in [0, 0.05) is 19.5 Å². The third-order valence-corrected chi connectivity index (χ3v) is 3.20. The monoisotopic (exact) mass is 253 g/mol. The molecule has 2 rings (SSSR count). The number of nitrogens with one attached hydrogen (secondary N) is 1. The highest BCUT2D eigenvalue weighted by atomic mass is 16.2. The van der Waals surface area contributed by atoms with E-state index >= 15 is 0 Å².